The van der Waals surface area contributed by atoms with Gasteiger partial charge >= 0.3 is 12.1 Å². The highest BCUT2D eigenvalue weighted by molar-refractivity contribution is 5.86. The van der Waals surface area contributed by atoms with E-state index in [1.807, 2.05) is 30.3 Å². The molecule has 2 aromatic rings. The van der Waals surface area contributed by atoms with Crippen LogP contribution in [-0.2, 0) is 27.9 Å². The highest BCUT2D eigenvalue weighted by atomic mass is 16.6. The Morgan fingerprint density at radius 3 is 2.42 bits per heavy atom. The number of hydrogen-bond acceptors (Lipinski definition) is 5. The average molecular weight is 526 g/mol. The van der Waals surface area contributed by atoms with Crippen molar-refractivity contribution in [1.82, 2.24) is 14.4 Å². The highest BCUT2D eigenvalue weighted by Gasteiger charge is 2.53. The second kappa shape index (κ2) is 10.4. The summed E-state index contributed by atoms with van der Waals surface area (Å²) in [5.74, 6) is -1.42. The van der Waals surface area contributed by atoms with Gasteiger partial charge in [0.15, 0.2) is 0 Å². The van der Waals surface area contributed by atoms with E-state index in [0.29, 0.717) is 5.56 Å². The summed E-state index contributed by atoms with van der Waals surface area (Å²) in [6.07, 6.45) is 3.87. The van der Waals surface area contributed by atoms with E-state index in [9.17, 15) is 24.3 Å². The van der Waals surface area contributed by atoms with Gasteiger partial charge in [-0.25, -0.2) is 9.59 Å². The highest BCUT2D eigenvalue weighted by Crippen LogP contribution is 2.36. The van der Waals surface area contributed by atoms with Crippen molar-refractivity contribution in [3.63, 3.8) is 0 Å². The Morgan fingerprint density at radius 2 is 1.79 bits per heavy atom. The monoisotopic (exact) mass is 525 g/mol. The van der Waals surface area contributed by atoms with E-state index in [-0.39, 0.29) is 36.9 Å². The number of fused-ring (bicyclic) bond motifs is 1. The summed E-state index contributed by atoms with van der Waals surface area (Å²) in [4.78, 5) is 55.7. The van der Waals surface area contributed by atoms with E-state index < -0.39 is 29.2 Å². The van der Waals surface area contributed by atoms with Gasteiger partial charge in [0, 0.05) is 31.5 Å². The molecule has 1 aliphatic carbocycles. The molecule has 206 valence electrons. The quantitative estimate of drug-likeness (QED) is 0.623. The first-order valence-electron chi connectivity index (χ1n) is 13.4. The van der Waals surface area contributed by atoms with E-state index in [4.69, 9.17) is 4.74 Å². The van der Waals surface area contributed by atoms with Crippen LogP contribution in [0.5, 0.6) is 0 Å². The summed E-state index contributed by atoms with van der Waals surface area (Å²) in [5, 5.41) is 11.0. The Morgan fingerprint density at radius 1 is 1.13 bits per heavy atom. The lowest BCUT2D eigenvalue weighted by atomic mass is 9.87. The molecule has 0 spiro atoms. The first-order valence-corrected chi connectivity index (χ1v) is 13.4. The van der Waals surface area contributed by atoms with Crippen LogP contribution in [0.4, 0.5) is 4.79 Å². The van der Waals surface area contributed by atoms with Gasteiger partial charge in [-0.3, -0.25) is 14.5 Å². The largest absolute Gasteiger partial charge is 0.480 e. The van der Waals surface area contributed by atoms with Gasteiger partial charge in [-0.15, -0.1) is 0 Å². The van der Waals surface area contributed by atoms with Crippen LogP contribution in [0, 0.1) is 5.92 Å². The molecule has 9 heteroatoms. The van der Waals surface area contributed by atoms with Crippen molar-refractivity contribution in [3.8, 4) is 0 Å². The number of nitrogens with zero attached hydrogens (tertiary/aromatic N) is 3. The van der Waals surface area contributed by atoms with E-state index >= 15 is 0 Å². The molecular weight excluding hydrogens is 486 g/mol. The van der Waals surface area contributed by atoms with Gasteiger partial charge in [-0.2, -0.15) is 0 Å². The zero-order valence-electron chi connectivity index (χ0n) is 23.0. The Balaban J connectivity index is 1.73. The minimum Gasteiger partial charge on any atom is -0.480 e. The molecule has 4 rings (SSSR count). The molecule has 1 N–H and O–H groups in total. The SMILES string of the molecule is Cn1c(=O)c(CN(C(=O)C2CCCCC2)[C@@H]2CN(C(=O)OC(C)(C)C)[C@](C)(C(=O)O)C2)cc2ccccc21. The maximum Gasteiger partial charge on any atom is 0.411 e. The summed E-state index contributed by atoms with van der Waals surface area (Å²) >= 11 is 0. The number of carboxylic acids is 1. The number of amides is 2. The molecule has 1 aromatic carbocycles. The standard InChI is InChI=1S/C29H39N3O6/c1-28(2,3)38-27(37)32-18-22(16-29(32,4)26(35)36)31(25(34)19-11-7-6-8-12-19)17-21-15-20-13-9-10-14-23(20)30(5)24(21)33/h9-10,13-15,19,22H,6-8,11-12,16-18H2,1-5H3,(H,35,36)/t22-,29-/m0/s1. The Labute approximate surface area is 223 Å². The average Bonchev–Trinajstić information content (AvgIpc) is 3.23. The van der Waals surface area contributed by atoms with E-state index in [0.717, 1.165) is 43.0 Å². The normalized spacial score (nSPS) is 22.4. The number of carboxylic acid groups (broad SMARTS) is 1. The zero-order chi connectivity index (χ0) is 27.8. The Hall–Kier alpha value is -3.36. The maximum atomic E-state index is 14.0. The lowest BCUT2D eigenvalue weighted by Crippen LogP contribution is -2.52. The number of benzene rings is 1. The number of likely N-dealkylation sites (tertiary alicyclic amines) is 1. The molecule has 0 bridgehead atoms. The summed E-state index contributed by atoms with van der Waals surface area (Å²) < 4.78 is 7.12. The van der Waals surface area contributed by atoms with Crippen molar-refractivity contribution in [2.45, 2.75) is 89.9 Å². The van der Waals surface area contributed by atoms with Crippen LogP contribution in [0.1, 0.15) is 71.8 Å². The molecule has 0 unspecified atom stereocenters. The minimum absolute atomic E-state index is 0.0179. The number of aliphatic carboxylic acids is 1. The number of rotatable bonds is 5. The van der Waals surface area contributed by atoms with E-state index in [1.165, 1.54) is 11.8 Å². The van der Waals surface area contributed by atoms with Gasteiger partial charge in [-0.05, 0) is 58.1 Å². The van der Waals surface area contributed by atoms with Crippen LogP contribution in [-0.4, -0.2) is 61.2 Å². The first kappa shape index (κ1) is 27.7. The van der Waals surface area contributed by atoms with Crippen molar-refractivity contribution in [3.05, 3.63) is 46.2 Å². The third-order valence-corrected chi connectivity index (χ3v) is 7.92. The number of hydrogen-bond donors (Lipinski definition) is 1. The minimum atomic E-state index is -1.55. The molecule has 2 atom stereocenters. The zero-order valence-corrected chi connectivity index (χ0v) is 23.0. The summed E-state index contributed by atoms with van der Waals surface area (Å²) in [6, 6.07) is 8.81. The summed E-state index contributed by atoms with van der Waals surface area (Å²) in [5.41, 5.74) is -1.30. The third kappa shape index (κ3) is 5.42. The van der Waals surface area contributed by atoms with Crippen LogP contribution in [0.3, 0.4) is 0 Å². The Bertz CT molecular complexity index is 1290. The van der Waals surface area contributed by atoms with Gasteiger partial charge in [0.25, 0.3) is 5.56 Å². The fourth-order valence-corrected chi connectivity index (χ4v) is 5.81. The van der Waals surface area contributed by atoms with Crippen molar-refractivity contribution >= 4 is 28.9 Å². The molecule has 2 fully saturated rings. The van der Waals surface area contributed by atoms with Crippen molar-refractivity contribution in [2.24, 2.45) is 13.0 Å². The van der Waals surface area contributed by atoms with Gasteiger partial charge in [0.05, 0.1) is 18.1 Å². The van der Waals surface area contributed by atoms with Gasteiger partial charge in [-0.1, -0.05) is 37.5 Å². The molecule has 1 aliphatic heterocycles. The van der Waals surface area contributed by atoms with Gasteiger partial charge in [0.1, 0.15) is 11.1 Å². The predicted octanol–water partition coefficient (Wildman–Crippen LogP) is 4.30. The maximum absolute atomic E-state index is 14.0. The number of ether oxygens (including phenoxy) is 1. The molecular formula is C29H39N3O6. The van der Waals surface area contributed by atoms with Gasteiger partial charge < -0.3 is 19.3 Å². The molecule has 2 aliphatic rings. The molecule has 1 aromatic heterocycles. The molecule has 38 heavy (non-hydrogen) atoms. The number of carbonyl (C=O) groups is 3. The topological polar surface area (TPSA) is 109 Å². The predicted molar refractivity (Wildman–Crippen MR) is 144 cm³/mol. The molecule has 2 amide bonds. The summed E-state index contributed by atoms with van der Waals surface area (Å²) in [7, 11) is 1.71. The smallest absolute Gasteiger partial charge is 0.411 e. The van der Waals surface area contributed by atoms with E-state index in [1.54, 1.807) is 37.3 Å². The Kier molecular flexibility index (Phi) is 7.59. The second-order valence-corrected chi connectivity index (χ2v) is 11.9. The number of para-hydroxylation sites is 1. The van der Waals surface area contributed by atoms with Crippen molar-refractivity contribution < 1.29 is 24.2 Å². The van der Waals surface area contributed by atoms with Gasteiger partial charge in [0.2, 0.25) is 5.91 Å². The molecule has 9 nitrogen and oxygen atoms in total. The molecule has 1 saturated heterocycles. The van der Waals surface area contributed by atoms with Crippen LogP contribution in [0.2, 0.25) is 0 Å². The molecule has 0 radical (unpaired) electrons. The molecule has 2 heterocycles. The lowest BCUT2D eigenvalue weighted by molar-refractivity contribution is -0.148. The molecule has 1 saturated carbocycles. The second-order valence-electron chi connectivity index (χ2n) is 11.9. The number of carbonyl (C=O) groups excluding carboxylic acids is 2. The fourth-order valence-electron chi connectivity index (χ4n) is 5.81. The number of aryl methyl sites for hydroxylation is 1. The number of pyridine rings is 1. The van der Waals surface area contributed by atoms with Crippen molar-refractivity contribution in [2.75, 3.05) is 6.54 Å². The fraction of sp³-hybridized carbons (Fsp3) is 0.586. The van der Waals surface area contributed by atoms with E-state index in [2.05, 4.69) is 0 Å². The first-order chi connectivity index (χ1) is 17.8. The van der Waals surface area contributed by atoms with Crippen LogP contribution < -0.4 is 5.56 Å². The van der Waals surface area contributed by atoms with Crippen LogP contribution in [0.25, 0.3) is 10.9 Å². The summed E-state index contributed by atoms with van der Waals surface area (Å²) in [6.45, 7) is 6.75. The van der Waals surface area contributed by atoms with Crippen LogP contribution in [0.15, 0.2) is 35.1 Å². The number of aromatic nitrogens is 1. The van der Waals surface area contributed by atoms with Crippen molar-refractivity contribution in [1.29, 1.82) is 0 Å². The lowest BCUT2D eigenvalue weighted by Gasteiger charge is -2.34. The van der Waals surface area contributed by atoms with Crippen LogP contribution >= 0.6 is 0 Å². The third-order valence-electron chi connectivity index (χ3n) is 7.92.